The third-order valence-corrected chi connectivity index (χ3v) is 4.14. The highest BCUT2D eigenvalue weighted by Gasteiger charge is 2.30. The Kier molecular flexibility index (Phi) is 7.98. The molecular formula is C23H28N2O5. The largest absolute Gasteiger partial charge is 0.467 e. The number of benzene rings is 2. The van der Waals surface area contributed by atoms with Crippen molar-refractivity contribution in [3.05, 3.63) is 71.8 Å². The molecule has 7 nitrogen and oxygen atoms in total. The summed E-state index contributed by atoms with van der Waals surface area (Å²) in [5.74, 6) is -1.12. The van der Waals surface area contributed by atoms with Crippen LogP contribution in [0.4, 0.5) is 4.79 Å². The number of hydrogen-bond donors (Lipinski definition) is 2. The fourth-order valence-corrected chi connectivity index (χ4v) is 2.81. The first kappa shape index (κ1) is 22.9. The van der Waals surface area contributed by atoms with Crippen LogP contribution in [0, 0.1) is 0 Å². The van der Waals surface area contributed by atoms with Gasteiger partial charge in [0.05, 0.1) is 7.11 Å². The van der Waals surface area contributed by atoms with Crippen molar-refractivity contribution < 1.29 is 23.9 Å². The highest BCUT2D eigenvalue weighted by Crippen LogP contribution is 2.16. The third-order valence-electron chi connectivity index (χ3n) is 4.14. The van der Waals surface area contributed by atoms with Crippen molar-refractivity contribution in [3.63, 3.8) is 0 Å². The molecule has 0 aliphatic heterocycles. The fourth-order valence-electron chi connectivity index (χ4n) is 2.81. The molecule has 2 aromatic carbocycles. The summed E-state index contributed by atoms with van der Waals surface area (Å²) in [6, 6.07) is 16.1. The zero-order chi connectivity index (χ0) is 22.1. The summed E-state index contributed by atoms with van der Waals surface area (Å²) in [4.78, 5) is 37.7. The van der Waals surface area contributed by atoms with Crippen LogP contribution in [0.25, 0.3) is 0 Å². The van der Waals surface area contributed by atoms with Crippen LogP contribution in [0.1, 0.15) is 37.9 Å². The predicted octanol–water partition coefficient (Wildman–Crippen LogP) is 3.15. The lowest BCUT2D eigenvalue weighted by Crippen LogP contribution is -2.49. The number of nitrogens with one attached hydrogen (secondary N) is 2. The van der Waals surface area contributed by atoms with E-state index in [-0.39, 0.29) is 6.42 Å². The Labute approximate surface area is 176 Å². The van der Waals surface area contributed by atoms with Crippen molar-refractivity contribution in [3.8, 4) is 0 Å². The van der Waals surface area contributed by atoms with Gasteiger partial charge >= 0.3 is 12.1 Å². The SMILES string of the molecule is COC(=O)[C@H](Cc1ccccc1)NC(=O)[C@H](NC(=O)OC(C)(C)C)c1ccccc1. The minimum atomic E-state index is -1.04. The Morgan fingerprint density at radius 3 is 2.00 bits per heavy atom. The molecule has 0 fully saturated rings. The topological polar surface area (TPSA) is 93.7 Å². The number of ether oxygens (including phenoxy) is 2. The highest BCUT2D eigenvalue weighted by molar-refractivity contribution is 5.90. The molecule has 0 saturated heterocycles. The lowest BCUT2D eigenvalue weighted by atomic mass is 10.0. The molecule has 0 unspecified atom stereocenters. The lowest BCUT2D eigenvalue weighted by Gasteiger charge is -2.25. The van der Waals surface area contributed by atoms with Gasteiger partial charge in [0.25, 0.3) is 0 Å². The second-order valence-electron chi connectivity index (χ2n) is 7.76. The molecular weight excluding hydrogens is 384 g/mol. The van der Waals surface area contributed by atoms with E-state index in [2.05, 4.69) is 10.6 Å². The van der Waals surface area contributed by atoms with Gasteiger partial charge in [0.1, 0.15) is 17.7 Å². The molecule has 7 heteroatoms. The summed E-state index contributed by atoms with van der Waals surface area (Å²) in [6.07, 6.45) is -0.475. The molecule has 2 amide bonds. The molecule has 0 aromatic heterocycles. The Hall–Kier alpha value is -3.35. The molecule has 0 aliphatic carbocycles. The summed E-state index contributed by atoms with van der Waals surface area (Å²) in [5, 5.41) is 5.29. The molecule has 0 radical (unpaired) electrons. The van der Waals surface area contributed by atoms with Crippen LogP contribution in [0.3, 0.4) is 0 Å². The fraction of sp³-hybridized carbons (Fsp3) is 0.348. The monoisotopic (exact) mass is 412 g/mol. The summed E-state index contributed by atoms with van der Waals surface area (Å²) in [6.45, 7) is 5.20. The standard InChI is InChI=1S/C23H28N2O5/c1-23(2,3)30-22(28)25-19(17-13-9-6-10-14-17)20(26)24-18(21(27)29-4)15-16-11-7-5-8-12-16/h5-14,18-19H,15H2,1-4H3,(H,24,26)(H,25,28)/t18-,19+/m0/s1. The van der Waals surface area contributed by atoms with Crippen LogP contribution in [-0.2, 0) is 25.5 Å². The van der Waals surface area contributed by atoms with Gasteiger partial charge in [-0.25, -0.2) is 9.59 Å². The van der Waals surface area contributed by atoms with Crippen LogP contribution in [0.5, 0.6) is 0 Å². The molecule has 0 bridgehead atoms. The normalized spacial score (nSPS) is 12.9. The second-order valence-corrected chi connectivity index (χ2v) is 7.76. The minimum Gasteiger partial charge on any atom is -0.467 e. The van der Waals surface area contributed by atoms with E-state index in [4.69, 9.17) is 9.47 Å². The summed E-state index contributed by atoms with van der Waals surface area (Å²) in [7, 11) is 1.26. The minimum absolute atomic E-state index is 0.257. The summed E-state index contributed by atoms with van der Waals surface area (Å²) >= 11 is 0. The third kappa shape index (κ3) is 7.24. The number of hydrogen-bond acceptors (Lipinski definition) is 5. The zero-order valence-corrected chi connectivity index (χ0v) is 17.7. The number of amides is 2. The number of carbonyl (C=O) groups excluding carboxylic acids is 3. The maximum Gasteiger partial charge on any atom is 0.408 e. The molecule has 0 spiro atoms. The average Bonchev–Trinajstić information content (AvgIpc) is 2.71. The quantitative estimate of drug-likeness (QED) is 0.682. The van der Waals surface area contributed by atoms with E-state index in [1.54, 1.807) is 51.1 Å². The van der Waals surface area contributed by atoms with Crippen molar-refractivity contribution in [2.75, 3.05) is 7.11 Å². The molecule has 0 saturated carbocycles. The van der Waals surface area contributed by atoms with Crippen molar-refractivity contribution in [2.45, 2.75) is 44.9 Å². The summed E-state index contributed by atoms with van der Waals surface area (Å²) < 4.78 is 10.1. The molecule has 0 heterocycles. The van der Waals surface area contributed by atoms with Crippen molar-refractivity contribution >= 4 is 18.0 Å². The van der Waals surface area contributed by atoms with Gasteiger partial charge < -0.3 is 20.1 Å². The van der Waals surface area contributed by atoms with Gasteiger partial charge in [0, 0.05) is 6.42 Å². The van der Waals surface area contributed by atoms with Crippen LogP contribution in [-0.4, -0.2) is 36.7 Å². The Morgan fingerprint density at radius 2 is 1.47 bits per heavy atom. The van der Waals surface area contributed by atoms with Crippen LogP contribution in [0.2, 0.25) is 0 Å². The van der Waals surface area contributed by atoms with Gasteiger partial charge in [0.15, 0.2) is 0 Å². The number of esters is 1. The van der Waals surface area contributed by atoms with E-state index in [0.717, 1.165) is 5.56 Å². The smallest absolute Gasteiger partial charge is 0.408 e. The maximum atomic E-state index is 13.1. The van der Waals surface area contributed by atoms with E-state index in [0.29, 0.717) is 5.56 Å². The van der Waals surface area contributed by atoms with E-state index in [9.17, 15) is 14.4 Å². The molecule has 2 aromatic rings. The number of rotatable bonds is 7. The maximum absolute atomic E-state index is 13.1. The van der Waals surface area contributed by atoms with Gasteiger partial charge in [-0.15, -0.1) is 0 Å². The van der Waals surface area contributed by atoms with Crippen LogP contribution >= 0.6 is 0 Å². The average molecular weight is 412 g/mol. The van der Waals surface area contributed by atoms with Gasteiger partial charge in [-0.3, -0.25) is 4.79 Å². The zero-order valence-electron chi connectivity index (χ0n) is 17.7. The van der Waals surface area contributed by atoms with E-state index in [1.807, 2.05) is 30.3 Å². The number of carbonyl (C=O) groups is 3. The Morgan fingerprint density at radius 1 is 0.900 bits per heavy atom. The Bertz CT molecular complexity index is 847. The van der Waals surface area contributed by atoms with Gasteiger partial charge in [0.2, 0.25) is 5.91 Å². The van der Waals surface area contributed by atoms with Gasteiger partial charge in [-0.1, -0.05) is 60.7 Å². The molecule has 0 aliphatic rings. The Balaban J connectivity index is 2.22. The van der Waals surface area contributed by atoms with Gasteiger partial charge in [-0.2, -0.15) is 0 Å². The first-order valence-electron chi connectivity index (χ1n) is 9.66. The van der Waals surface area contributed by atoms with Crippen LogP contribution < -0.4 is 10.6 Å². The number of alkyl carbamates (subject to hydrolysis) is 1. The number of methoxy groups -OCH3 is 1. The highest BCUT2D eigenvalue weighted by atomic mass is 16.6. The van der Waals surface area contributed by atoms with Crippen molar-refractivity contribution in [1.82, 2.24) is 10.6 Å². The van der Waals surface area contributed by atoms with E-state index >= 15 is 0 Å². The van der Waals surface area contributed by atoms with Gasteiger partial charge in [-0.05, 0) is 31.9 Å². The molecule has 2 N–H and O–H groups in total. The molecule has 2 atom stereocenters. The van der Waals surface area contributed by atoms with Crippen LogP contribution in [0.15, 0.2) is 60.7 Å². The second kappa shape index (κ2) is 10.4. The molecule has 30 heavy (non-hydrogen) atoms. The first-order valence-corrected chi connectivity index (χ1v) is 9.66. The predicted molar refractivity (Wildman–Crippen MR) is 113 cm³/mol. The van der Waals surface area contributed by atoms with Crippen molar-refractivity contribution in [2.24, 2.45) is 0 Å². The van der Waals surface area contributed by atoms with Crippen molar-refractivity contribution in [1.29, 1.82) is 0 Å². The summed E-state index contributed by atoms with van der Waals surface area (Å²) in [5.41, 5.74) is 0.706. The molecule has 2 rings (SSSR count). The van der Waals surface area contributed by atoms with E-state index < -0.39 is 35.7 Å². The first-order chi connectivity index (χ1) is 14.2. The molecule has 160 valence electrons. The lowest BCUT2D eigenvalue weighted by molar-refractivity contribution is -0.145. The van der Waals surface area contributed by atoms with E-state index in [1.165, 1.54) is 7.11 Å².